The van der Waals surface area contributed by atoms with E-state index in [1.54, 1.807) is 0 Å². The van der Waals surface area contributed by atoms with Crippen molar-refractivity contribution in [2.24, 2.45) is 5.73 Å². The smallest absolute Gasteiger partial charge is 0.322 e. The number of hydrogen-bond acceptors (Lipinski definition) is 4. The summed E-state index contributed by atoms with van der Waals surface area (Å²) in [4.78, 5) is 31.7. The van der Waals surface area contributed by atoms with E-state index in [1.165, 1.54) is 6.92 Å². The van der Waals surface area contributed by atoms with Crippen molar-refractivity contribution in [3.8, 4) is 0 Å². The summed E-state index contributed by atoms with van der Waals surface area (Å²) in [5.74, 6) is -1.70. The van der Waals surface area contributed by atoms with Gasteiger partial charge in [-0.05, 0) is 13.3 Å². The maximum absolute atomic E-state index is 10.9. The minimum Gasteiger partial charge on any atom is -0.480 e. The van der Waals surface area contributed by atoms with Crippen LogP contribution in [0.15, 0.2) is 0 Å². The average Bonchev–Trinajstić information content (AvgIpc) is 2.10. The summed E-state index contributed by atoms with van der Waals surface area (Å²) in [5.41, 5.74) is 5.37. The van der Waals surface area contributed by atoms with Crippen LogP contribution in [0.3, 0.4) is 0 Å². The fourth-order valence-electron chi connectivity index (χ4n) is 0.752. The lowest BCUT2D eigenvalue weighted by molar-refractivity contribution is -0.138. The van der Waals surface area contributed by atoms with Crippen LogP contribution in [0.25, 0.3) is 0 Å². The van der Waals surface area contributed by atoms with E-state index < -0.39 is 24.5 Å². The zero-order chi connectivity index (χ0) is 11.1. The van der Waals surface area contributed by atoms with Gasteiger partial charge in [0, 0.05) is 6.42 Å². The number of rotatable bonds is 6. The van der Waals surface area contributed by atoms with E-state index in [4.69, 9.17) is 10.8 Å². The second-order valence-corrected chi connectivity index (χ2v) is 2.93. The van der Waals surface area contributed by atoms with Gasteiger partial charge >= 0.3 is 5.97 Å². The van der Waals surface area contributed by atoms with Crippen LogP contribution in [0, 0.1) is 0 Å². The molecule has 1 atom stereocenters. The minimum absolute atomic E-state index is 0.0635. The molecule has 6 nitrogen and oxygen atoms in total. The quantitative estimate of drug-likeness (QED) is 0.505. The number of amides is 1. The van der Waals surface area contributed by atoms with Crippen LogP contribution in [0.1, 0.15) is 19.8 Å². The Morgan fingerprint density at radius 1 is 1.43 bits per heavy atom. The molecule has 0 aliphatic heterocycles. The largest absolute Gasteiger partial charge is 0.480 e. The third-order valence-corrected chi connectivity index (χ3v) is 1.64. The van der Waals surface area contributed by atoms with Crippen LogP contribution in [-0.2, 0) is 14.4 Å². The van der Waals surface area contributed by atoms with Crippen molar-refractivity contribution in [2.45, 2.75) is 25.8 Å². The molecule has 0 heterocycles. The Bertz CT molecular complexity index is 239. The summed E-state index contributed by atoms with van der Waals surface area (Å²) in [6.45, 7) is 0.938. The van der Waals surface area contributed by atoms with Gasteiger partial charge in [-0.3, -0.25) is 14.4 Å². The molecule has 0 aromatic heterocycles. The molecular formula is C8H14N2O4. The lowest BCUT2D eigenvalue weighted by Crippen LogP contribution is -2.33. The van der Waals surface area contributed by atoms with E-state index in [-0.39, 0.29) is 18.6 Å². The third-order valence-electron chi connectivity index (χ3n) is 1.64. The molecule has 1 amide bonds. The number of carboxylic acid groups (broad SMARTS) is 1. The van der Waals surface area contributed by atoms with Crippen molar-refractivity contribution >= 4 is 17.7 Å². The number of Topliss-reactive ketones (excluding diaryl/α,β-unsaturated/α-hetero) is 1. The first-order chi connectivity index (χ1) is 6.43. The van der Waals surface area contributed by atoms with Gasteiger partial charge in [0.25, 0.3) is 0 Å². The predicted octanol–water partition coefficient (Wildman–Crippen LogP) is -1.12. The van der Waals surface area contributed by atoms with Crippen LogP contribution in [0.4, 0.5) is 0 Å². The molecule has 0 unspecified atom stereocenters. The van der Waals surface area contributed by atoms with Crippen LogP contribution >= 0.6 is 0 Å². The molecule has 0 bridgehead atoms. The highest BCUT2D eigenvalue weighted by atomic mass is 16.4. The highest BCUT2D eigenvalue weighted by molar-refractivity contribution is 5.83. The maximum Gasteiger partial charge on any atom is 0.322 e. The molecular weight excluding hydrogens is 188 g/mol. The Kier molecular flexibility index (Phi) is 5.47. The second-order valence-electron chi connectivity index (χ2n) is 2.93. The van der Waals surface area contributed by atoms with Crippen molar-refractivity contribution < 1.29 is 19.5 Å². The van der Waals surface area contributed by atoms with Gasteiger partial charge < -0.3 is 16.2 Å². The summed E-state index contributed by atoms with van der Waals surface area (Å²) < 4.78 is 0. The van der Waals surface area contributed by atoms with Gasteiger partial charge in [0.15, 0.2) is 0 Å². The topological polar surface area (TPSA) is 109 Å². The highest BCUT2D eigenvalue weighted by Crippen LogP contribution is 1.95. The summed E-state index contributed by atoms with van der Waals surface area (Å²) in [6.07, 6.45) is 0.300. The van der Waals surface area contributed by atoms with Crippen molar-refractivity contribution in [3.63, 3.8) is 0 Å². The molecule has 4 N–H and O–H groups in total. The molecule has 0 aromatic carbocycles. The molecule has 14 heavy (non-hydrogen) atoms. The summed E-state index contributed by atoms with van der Waals surface area (Å²) >= 11 is 0. The van der Waals surface area contributed by atoms with E-state index in [0.717, 1.165) is 0 Å². The molecule has 0 aliphatic carbocycles. The molecule has 80 valence electrons. The molecule has 0 radical (unpaired) electrons. The van der Waals surface area contributed by atoms with Crippen molar-refractivity contribution in [3.05, 3.63) is 0 Å². The first kappa shape index (κ1) is 12.6. The van der Waals surface area contributed by atoms with E-state index in [0.29, 0.717) is 0 Å². The molecule has 0 saturated carbocycles. The van der Waals surface area contributed by atoms with E-state index in [1.807, 2.05) is 0 Å². The van der Waals surface area contributed by atoms with Crippen LogP contribution < -0.4 is 11.1 Å². The van der Waals surface area contributed by atoms with Crippen LogP contribution in [0.5, 0.6) is 0 Å². The first-order valence-corrected chi connectivity index (χ1v) is 4.18. The van der Waals surface area contributed by atoms with E-state index in [9.17, 15) is 14.4 Å². The number of carbonyl (C=O) groups is 3. The number of nitrogens with one attached hydrogen (secondary N) is 1. The molecule has 0 fully saturated rings. The lowest BCUT2D eigenvalue weighted by atomic mass is 10.1. The third kappa shape index (κ3) is 6.13. The fraction of sp³-hybridized carbons (Fsp3) is 0.625. The Hall–Kier alpha value is -1.43. The number of hydrogen-bond donors (Lipinski definition) is 3. The van der Waals surface area contributed by atoms with E-state index >= 15 is 0 Å². The molecule has 0 aromatic rings. The molecule has 0 aliphatic rings. The summed E-state index contributed by atoms with van der Waals surface area (Å²) in [5, 5.41) is 10.4. The van der Waals surface area contributed by atoms with Crippen molar-refractivity contribution in [1.29, 1.82) is 0 Å². The first-order valence-electron chi connectivity index (χ1n) is 4.18. The van der Waals surface area contributed by atoms with Crippen LogP contribution in [-0.4, -0.2) is 35.4 Å². The zero-order valence-corrected chi connectivity index (χ0v) is 7.95. The zero-order valence-electron chi connectivity index (χ0n) is 7.95. The van der Waals surface area contributed by atoms with E-state index in [2.05, 4.69) is 5.32 Å². The second kappa shape index (κ2) is 6.09. The van der Waals surface area contributed by atoms with Gasteiger partial charge in [0.05, 0.1) is 6.04 Å². The lowest BCUT2D eigenvalue weighted by Gasteiger charge is -2.06. The van der Waals surface area contributed by atoms with Gasteiger partial charge in [-0.2, -0.15) is 0 Å². The van der Waals surface area contributed by atoms with Crippen molar-refractivity contribution in [1.82, 2.24) is 5.32 Å². The van der Waals surface area contributed by atoms with Gasteiger partial charge in [-0.1, -0.05) is 0 Å². The van der Waals surface area contributed by atoms with Crippen LogP contribution in [0.2, 0.25) is 0 Å². The van der Waals surface area contributed by atoms with Crippen molar-refractivity contribution in [2.75, 3.05) is 6.54 Å². The van der Waals surface area contributed by atoms with Gasteiger partial charge in [0.2, 0.25) is 5.91 Å². The normalized spacial score (nSPS) is 11.9. The Morgan fingerprint density at radius 3 is 2.43 bits per heavy atom. The highest BCUT2D eigenvalue weighted by Gasteiger charge is 2.10. The molecule has 0 saturated heterocycles. The standard InChI is InChI=1S/C8H14N2O4/c1-5(11)6(9)2-3-7(12)10-4-8(13)14/h6H,2-4,9H2,1H3,(H,10,12)(H,13,14)/t6-/m0/s1. The molecule has 0 spiro atoms. The Balaban J connectivity index is 3.64. The summed E-state index contributed by atoms with van der Waals surface area (Å²) in [6, 6.07) is -0.648. The molecule has 0 rings (SSSR count). The number of aliphatic carboxylic acids is 1. The maximum atomic E-state index is 10.9. The minimum atomic E-state index is -1.10. The number of carbonyl (C=O) groups excluding carboxylic acids is 2. The predicted molar refractivity (Wildman–Crippen MR) is 48.5 cm³/mol. The Labute approximate surface area is 81.5 Å². The Morgan fingerprint density at radius 2 is 2.00 bits per heavy atom. The average molecular weight is 202 g/mol. The molecule has 6 heteroatoms. The number of ketones is 1. The fourth-order valence-corrected chi connectivity index (χ4v) is 0.752. The summed E-state index contributed by atoms with van der Waals surface area (Å²) in [7, 11) is 0. The van der Waals surface area contributed by atoms with Gasteiger partial charge in [0.1, 0.15) is 12.3 Å². The van der Waals surface area contributed by atoms with Gasteiger partial charge in [-0.25, -0.2) is 0 Å². The SMILES string of the molecule is CC(=O)[C@@H](N)CCC(=O)NCC(=O)O. The van der Waals surface area contributed by atoms with Gasteiger partial charge in [-0.15, -0.1) is 0 Å². The monoisotopic (exact) mass is 202 g/mol. The number of carboxylic acids is 1. The number of nitrogens with two attached hydrogens (primary N) is 1.